The molecule has 0 bridgehead atoms. The van der Waals surface area contributed by atoms with Crippen molar-refractivity contribution in [2.75, 3.05) is 55.3 Å². The average molecular weight is 600 g/mol. The molecule has 234 valence electrons. The third-order valence-corrected chi connectivity index (χ3v) is 6.85. The Kier molecular flexibility index (Phi) is 11.7. The molecule has 0 spiro atoms. The summed E-state index contributed by atoms with van der Waals surface area (Å²) in [5.74, 6) is 1.84. The molecular weight excluding hydrogens is 554 g/mol. The summed E-state index contributed by atoms with van der Waals surface area (Å²) in [6.07, 6.45) is 6.60. The van der Waals surface area contributed by atoms with Crippen molar-refractivity contribution in [2.45, 2.75) is 46.3 Å². The Balaban J connectivity index is 1.41. The van der Waals surface area contributed by atoms with Gasteiger partial charge in [-0.3, -0.25) is 14.7 Å². The van der Waals surface area contributed by atoms with E-state index in [-0.39, 0.29) is 5.91 Å². The zero-order valence-electron chi connectivity index (χ0n) is 26.3. The van der Waals surface area contributed by atoms with Gasteiger partial charge in [0.25, 0.3) is 5.91 Å². The van der Waals surface area contributed by atoms with Crippen LogP contribution in [0.5, 0.6) is 0 Å². The lowest BCUT2D eigenvalue weighted by atomic mass is 10.2. The maximum absolute atomic E-state index is 13.2. The number of anilines is 3. The average Bonchev–Trinajstić information content (AvgIpc) is 3.01. The molecule has 4 rings (SSSR count). The number of rotatable bonds is 14. The number of hydrogen-bond donors (Lipinski definition) is 3. The predicted molar refractivity (Wildman–Crippen MR) is 176 cm³/mol. The minimum absolute atomic E-state index is 0.304. The van der Waals surface area contributed by atoms with Crippen LogP contribution in [0.2, 0.25) is 0 Å². The zero-order valence-corrected chi connectivity index (χ0v) is 26.3. The molecule has 0 unspecified atom stereocenters. The number of ether oxygens (including phenoxy) is 2. The molecule has 0 radical (unpaired) electrons. The van der Waals surface area contributed by atoms with Gasteiger partial charge in [0.05, 0.1) is 24.6 Å². The van der Waals surface area contributed by atoms with Crippen LogP contribution < -0.4 is 16.0 Å². The highest BCUT2D eigenvalue weighted by Gasteiger charge is 2.17. The second-order valence-electron chi connectivity index (χ2n) is 11.6. The van der Waals surface area contributed by atoms with Crippen LogP contribution in [-0.2, 0) is 16.0 Å². The standard InChI is InChI=1S/C34H45N7O3/c1-6-32(39-31-14-9-10-17-35-31)41(19-11-18-40-20-22-43-23-21-40)25-27-15-16-30(36-24-27)33(42)38-29-13-8-7-12-28(29)37-26(2)44-34(3,4)5/h6-10,12-17,24,37H,2,11,18-23,25H2,1,3-5H3,(H,35,39)(H,38,42)/b32-6-. The molecule has 3 N–H and O–H groups in total. The molecule has 2 aromatic heterocycles. The minimum Gasteiger partial charge on any atom is -0.474 e. The van der Waals surface area contributed by atoms with Crippen LogP contribution in [0.15, 0.2) is 91.4 Å². The van der Waals surface area contributed by atoms with Gasteiger partial charge >= 0.3 is 0 Å². The topological polar surface area (TPSA) is 104 Å². The van der Waals surface area contributed by atoms with E-state index < -0.39 is 5.60 Å². The molecule has 0 atom stereocenters. The van der Waals surface area contributed by atoms with E-state index in [9.17, 15) is 4.79 Å². The molecule has 44 heavy (non-hydrogen) atoms. The van der Waals surface area contributed by atoms with E-state index in [0.717, 1.165) is 63.0 Å². The van der Waals surface area contributed by atoms with E-state index in [1.807, 2.05) is 76.2 Å². The fourth-order valence-electron chi connectivity index (χ4n) is 4.80. The molecule has 10 heteroatoms. The Morgan fingerprint density at radius 2 is 1.75 bits per heavy atom. The number of nitrogens with zero attached hydrogens (tertiary/aromatic N) is 4. The van der Waals surface area contributed by atoms with Crippen molar-refractivity contribution in [3.8, 4) is 0 Å². The lowest BCUT2D eigenvalue weighted by Gasteiger charge is -2.30. The first-order valence-corrected chi connectivity index (χ1v) is 15.1. The first kappa shape index (κ1) is 32.5. The Morgan fingerprint density at radius 3 is 2.39 bits per heavy atom. The molecular formula is C34H45N7O3. The molecule has 0 saturated carbocycles. The van der Waals surface area contributed by atoms with Gasteiger partial charge in [0.15, 0.2) is 5.88 Å². The van der Waals surface area contributed by atoms with Crippen LogP contribution in [-0.4, -0.2) is 70.7 Å². The van der Waals surface area contributed by atoms with Crippen molar-refractivity contribution < 1.29 is 14.3 Å². The Morgan fingerprint density at radius 1 is 1.02 bits per heavy atom. The van der Waals surface area contributed by atoms with Crippen molar-refractivity contribution in [3.63, 3.8) is 0 Å². The normalized spacial score (nSPS) is 14.0. The maximum Gasteiger partial charge on any atom is 0.274 e. The van der Waals surface area contributed by atoms with Crippen molar-refractivity contribution in [1.82, 2.24) is 19.8 Å². The van der Waals surface area contributed by atoms with Crippen molar-refractivity contribution in [1.29, 1.82) is 0 Å². The van der Waals surface area contributed by atoms with E-state index in [2.05, 4.69) is 48.4 Å². The molecule has 3 aromatic rings. The van der Waals surface area contributed by atoms with E-state index in [1.54, 1.807) is 18.5 Å². The number of morpholine rings is 1. The number of pyridine rings is 2. The molecule has 3 heterocycles. The molecule has 10 nitrogen and oxygen atoms in total. The van der Waals surface area contributed by atoms with Crippen molar-refractivity contribution >= 4 is 23.1 Å². The first-order chi connectivity index (χ1) is 21.2. The Hall–Kier alpha value is -4.41. The lowest BCUT2D eigenvalue weighted by Crippen LogP contribution is -2.38. The largest absolute Gasteiger partial charge is 0.474 e. The number of carbonyl (C=O) groups is 1. The minimum atomic E-state index is -0.394. The number of para-hydroxylation sites is 2. The SMILES string of the molecule is C=C(Nc1ccccc1NC(=O)c1ccc(CN(CCCN2CCOCC2)/C(=C\C)Nc2ccccn2)cn1)OC(C)(C)C. The monoisotopic (exact) mass is 599 g/mol. The van der Waals surface area contributed by atoms with Gasteiger partial charge in [-0.25, -0.2) is 4.98 Å². The number of benzene rings is 1. The van der Waals surface area contributed by atoms with E-state index in [4.69, 9.17) is 9.47 Å². The fourth-order valence-corrected chi connectivity index (χ4v) is 4.80. The summed E-state index contributed by atoms with van der Waals surface area (Å²) in [6, 6.07) is 16.9. The smallest absolute Gasteiger partial charge is 0.274 e. The summed E-state index contributed by atoms with van der Waals surface area (Å²) >= 11 is 0. The van der Waals surface area contributed by atoms with Gasteiger partial charge in [-0.05, 0) is 82.7 Å². The highest BCUT2D eigenvalue weighted by Crippen LogP contribution is 2.25. The second kappa shape index (κ2) is 15.9. The van der Waals surface area contributed by atoms with E-state index in [0.29, 0.717) is 29.5 Å². The van der Waals surface area contributed by atoms with E-state index in [1.165, 1.54) is 0 Å². The van der Waals surface area contributed by atoms with Crippen LogP contribution in [0.25, 0.3) is 0 Å². The van der Waals surface area contributed by atoms with Crippen molar-refractivity contribution in [2.24, 2.45) is 0 Å². The van der Waals surface area contributed by atoms with Crippen molar-refractivity contribution in [3.05, 3.63) is 103 Å². The number of allylic oxidation sites excluding steroid dienone is 1. The van der Waals surface area contributed by atoms with Gasteiger partial charge in [0.2, 0.25) is 0 Å². The summed E-state index contributed by atoms with van der Waals surface area (Å²) in [4.78, 5) is 26.8. The van der Waals surface area contributed by atoms with Crippen LogP contribution in [0.3, 0.4) is 0 Å². The number of nitrogens with one attached hydrogen (secondary N) is 3. The molecule has 1 aromatic carbocycles. The number of hydrogen-bond acceptors (Lipinski definition) is 9. The highest BCUT2D eigenvalue weighted by atomic mass is 16.5. The quantitative estimate of drug-likeness (QED) is 0.195. The summed E-state index contributed by atoms with van der Waals surface area (Å²) in [6.45, 7) is 17.8. The fraction of sp³-hybridized carbons (Fsp3) is 0.382. The summed E-state index contributed by atoms with van der Waals surface area (Å²) in [5.41, 5.74) is 2.21. The molecule has 1 aliphatic heterocycles. The molecule has 1 fully saturated rings. The van der Waals surface area contributed by atoms with Gasteiger partial charge in [-0.1, -0.05) is 24.3 Å². The lowest BCUT2D eigenvalue weighted by molar-refractivity contribution is 0.0364. The van der Waals surface area contributed by atoms with Crippen LogP contribution in [0.4, 0.5) is 17.2 Å². The van der Waals surface area contributed by atoms with Crippen LogP contribution in [0, 0.1) is 0 Å². The number of carbonyl (C=O) groups excluding carboxylic acids is 1. The highest BCUT2D eigenvalue weighted by molar-refractivity contribution is 6.04. The summed E-state index contributed by atoms with van der Waals surface area (Å²) in [5, 5.41) is 9.56. The van der Waals surface area contributed by atoms with Gasteiger partial charge in [0, 0.05) is 45.1 Å². The number of aromatic nitrogens is 2. The Bertz CT molecular complexity index is 1380. The third kappa shape index (κ3) is 10.4. The third-order valence-electron chi connectivity index (χ3n) is 6.85. The second-order valence-corrected chi connectivity index (χ2v) is 11.6. The summed E-state index contributed by atoms with van der Waals surface area (Å²) in [7, 11) is 0. The molecule has 0 aliphatic carbocycles. The van der Waals surface area contributed by atoms with Gasteiger partial charge < -0.3 is 30.3 Å². The maximum atomic E-state index is 13.2. The first-order valence-electron chi connectivity index (χ1n) is 15.1. The number of amides is 1. The molecule has 1 amide bonds. The van der Waals surface area contributed by atoms with E-state index >= 15 is 0 Å². The predicted octanol–water partition coefficient (Wildman–Crippen LogP) is 5.92. The Labute approximate surface area is 261 Å². The van der Waals surface area contributed by atoms with Gasteiger partial charge in [-0.15, -0.1) is 0 Å². The molecule has 1 saturated heterocycles. The van der Waals surface area contributed by atoms with Gasteiger partial charge in [-0.2, -0.15) is 0 Å². The molecule has 1 aliphatic rings. The summed E-state index contributed by atoms with van der Waals surface area (Å²) < 4.78 is 11.3. The van der Waals surface area contributed by atoms with Gasteiger partial charge in [0.1, 0.15) is 22.9 Å². The van der Waals surface area contributed by atoms with Crippen LogP contribution >= 0.6 is 0 Å². The zero-order chi connectivity index (χ0) is 31.4. The van der Waals surface area contributed by atoms with Crippen LogP contribution in [0.1, 0.15) is 50.2 Å².